The lowest BCUT2D eigenvalue weighted by Gasteiger charge is -2.21. The topological polar surface area (TPSA) is 109 Å². The first-order valence-electron chi connectivity index (χ1n) is 9.34. The Morgan fingerprint density at radius 3 is 2.47 bits per heavy atom. The van der Waals surface area contributed by atoms with Crippen molar-refractivity contribution in [3.8, 4) is 0 Å². The minimum Gasteiger partial charge on any atom is -0.444 e. The van der Waals surface area contributed by atoms with Crippen molar-refractivity contribution < 1.29 is 32.3 Å². The van der Waals surface area contributed by atoms with Gasteiger partial charge in [0.2, 0.25) is 5.91 Å². The molecule has 0 aromatic heterocycles. The van der Waals surface area contributed by atoms with E-state index in [0.29, 0.717) is 12.6 Å². The number of anilines is 1. The second-order valence-corrected chi connectivity index (χ2v) is 7.82. The van der Waals surface area contributed by atoms with E-state index in [1.54, 1.807) is 20.8 Å². The summed E-state index contributed by atoms with van der Waals surface area (Å²) < 4.78 is 44.3. The molecule has 1 atom stereocenters. The molecule has 0 saturated carbocycles. The number of rotatable bonds is 5. The van der Waals surface area contributed by atoms with Crippen molar-refractivity contribution in [1.82, 2.24) is 16.0 Å². The number of amides is 3. The molecule has 1 aliphatic rings. The number of hydrogen-bond donors (Lipinski definition) is 4. The van der Waals surface area contributed by atoms with Gasteiger partial charge in [-0.05, 0) is 51.9 Å². The molecule has 2 rings (SSSR count). The Balaban J connectivity index is 2.13. The average molecular weight is 430 g/mol. The number of carbonyl (C=O) groups excluding carboxylic acids is 3. The van der Waals surface area contributed by atoms with Gasteiger partial charge in [-0.25, -0.2) is 4.79 Å². The third-order valence-corrected chi connectivity index (χ3v) is 4.06. The molecule has 1 unspecified atom stereocenters. The maximum Gasteiger partial charge on any atom is 0.416 e. The summed E-state index contributed by atoms with van der Waals surface area (Å²) in [7, 11) is 0. The van der Waals surface area contributed by atoms with Crippen LogP contribution in [0.5, 0.6) is 0 Å². The van der Waals surface area contributed by atoms with Crippen molar-refractivity contribution in [3.05, 3.63) is 29.3 Å². The molecule has 0 spiro atoms. The molecule has 166 valence electrons. The zero-order valence-corrected chi connectivity index (χ0v) is 16.9. The van der Waals surface area contributed by atoms with Crippen molar-refractivity contribution in [3.63, 3.8) is 0 Å². The van der Waals surface area contributed by atoms with Gasteiger partial charge in [-0.3, -0.25) is 14.9 Å². The van der Waals surface area contributed by atoms with E-state index < -0.39 is 47.4 Å². The Labute approximate surface area is 171 Å². The van der Waals surface area contributed by atoms with Crippen molar-refractivity contribution in [2.45, 2.75) is 45.0 Å². The monoisotopic (exact) mass is 430 g/mol. The van der Waals surface area contributed by atoms with Gasteiger partial charge in [-0.2, -0.15) is 13.2 Å². The number of nitrogens with one attached hydrogen (secondary N) is 4. The Hall–Kier alpha value is -2.82. The predicted molar refractivity (Wildman–Crippen MR) is 103 cm³/mol. The average Bonchev–Trinajstić information content (AvgIpc) is 3.10. The van der Waals surface area contributed by atoms with E-state index in [2.05, 4.69) is 21.3 Å². The SMILES string of the molecule is CC(C)(C)OC(=O)Nc1ccc(C(F)(F)F)cc1C(=O)NCC(=O)NC1CCNC1. The van der Waals surface area contributed by atoms with Gasteiger partial charge >= 0.3 is 12.3 Å². The Morgan fingerprint density at radius 2 is 1.90 bits per heavy atom. The van der Waals surface area contributed by atoms with E-state index in [1.165, 1.54) is 0 Å². The van der Waals surface area contributed by atoms with E-state index in [0.717, 1.165) is 25.1 Å². The van der Waals surface area contributed by atoms with Gasteiger partial charge in [-0.15, -0.1) is 0 Å². The molecule has 1 aliphatic heterocycles. The van der Waals surface area contributed by atoms with Crippen molar-refractivity contribution in [1.29, 1.82) is 0 Å². The second-order valence-electron chi connectivity index (χ2n) is 7.82. The molecule has 30 heavy (non-hydrogen) atoms. The van der Waals surface area contributed by atoms with Crippen LogP contribution in [-0.4, -0.2) is 49.2 Å². The van der Waals surface area contributed by atoms with Crippen molar-refractivity contribution in [2.24, 2.45) is 0 Å². The minimum absolute atomic E-state index is 0.0626. The molecule has 0 aliphatic carbocycles. The summed E-state index contributed by atoms with van der Waals surface area (Å²) >= 11 is 0. The molecule has 1 saturated heterocycles. The van der Waals surface area contributed by atoms with E-state index in [-0.39, 0.29) is 11.7 Å². The molecule has 11 heteroatoms. The second kappa shape index (κ2) is 9.33. The minimum atomic E-state index is -4.69. The Morgan fingerprint density at radius 1 is 1.20 bits per heavy atom. The van der Waals surface area contributed by atoms with Gasteiger partial charge < -0.3 is 20.7 Å². The highest BCUT2D eigenvalue weighted by molar-refractivity contribution is 6.04. The lowest BCUT2D eigenvalue weighted by molar-refractivity contribution is -0.137. The highest BCUT2D eigenvalue weighted by atomic mass is 19.4. The van der Waals surface area contributed by atoms with Gasteiger partial charge in [0.05, 0.1) is 23.4 Å². The number of ether oxygens (including phenoxy) is 1. The van der Waals surface area contributed by atoms with Crippen LogP contribution < -0.4 is 21.3 Å². The third-order valence-electron chi connectivity index (χ3n) is 4.06. The first-order chi connectivity index (χ1) is 13.8. The molecule has 4 N–H and O–H groups in total. The summed E-state index contributed by atoms with van der Waals surface area (Å²) in [5, 5.41) is 10.3. The normalized spacial score (nSPS) is 16.7. The van der Waals surface area contributed by atoms with Crippen LogP contribution in [-0.2, 0) is 15.7 Å². The maximum absolute atomic E-state index is 13.1. The number of halogens is 3. The van der Waals surface area contributed by atoms with E-state index in [1.807, 2.05) is 0 Å². The van der Waals surface area contributed by atoms with Crippen LogP contribution in [0.2, 0.25) is 0 Å². The fraction of sp³-hybridized carbons (Fsp3) is 0.526. The molecule has 1 heterocycles. The molecule has 0 bridgehead atoms. The lowest BCUT2D eigenvalue weighted by Crippen LogP contribution is -2.43. The van der Waals surface area contributed by atoms with Crippen LogP contribution in [0.25, 0.3) is 0 Å². The molecule has 1 aromatic rings. The largest absolute Gasteiger partial charge is 0.444 e. The number of carbonyl (C=O) groups is 3. The van der Waals surface area contributed by atoms with Crippen LogP contribution in [0.15, 0.2) is 18.2 Å². The van der Waals surface area contributed by atoms with Gasteiger partial charge in [0.25, 0.3) is 5.91 Å². The quantitative estimate of drug-likeness (QED) is 0.573. The third kappa shape index (κ3) is 7.21. The zero-order valence-electron chi connectivity index (χ0n) is 16.9. The molecular formula is C19H25F3N4O4. The summed E-state index contributed by atoms with van der Waals surface area (Å²) in [5.74, 6) is -1.41. The fourth-order valence-electron chi connectivity index (χ4n) is 2.74. The Bertz CT molecular complexity index is 800. The van der Waals surface area contributed by atoms with Crippen LogP contribution in [0.3, 0.4) is 0 Å². The maximum atomic E-state index is 13.1. The number of alkyl halides is 3. The highest BCUT2D eigenvalue weighted by Gasteiger charge is 2.32. The molecular weight excluding hydrogens is 405 g/mol. The number of hydrogen-bond acceptors (Lipinski definition) is 5. The predicted octanol–water partition coefficient (Wildman–Crippen LogP) is 2.26. The summed E-state index contributed by atoms with van der Waals surface area (Å²) in [6, 6.07) is 2.25. The molecule has 3 amide bonds. The van der Waals surface area contributed by atoms with Crippen LogP contribution >= 0.6 is 0 Å². The summed E-state index contributed by atoms with van der Waals surface area (Å²) in [5.41, 5.74) is -2.52. The van der Waals surface area contributed by atoms with Gasteiger partial charge in [0.1, 0.15) is 5.60 Å². The van der Waals surface area contributed by atoms with Crippen LogP contribution in [0.1, 0.15) is 43.1 Å². The molecule has 0 radical (unpaired) electrons. The fourth-order valence-corrected chi connectivity index (χ4v) is 2.74. The first kappa shape index (κ1) is 23.5. The van der Waals surface area contributed by atoms with Crippen LogP contribution in [0, 0.1) is 0 Å². The summed E-state index contributed by atoms with van der Waals surface area (Å²) in [6.07, 6.45) is -4.87. The van der Waals surface area contributed by atoms with Gasteiger partial charge in [0, 0.05) is 12.6 Å². The summed E-state index contributed by atoms with van der Waals surface area (Å²) in [4.78, 5) is 36.4. The Kier molecular flexibility index (Phi) is 7.30. The number of benzene rings is 1. The van der Waals surface area contributed by atoms with E-state index in [9.17, 15) is 27.6 Å². The molecule has 1 aromatic carbocycles. The zero-order chi connectivity index (χ0) is 22.5. The molecule has 8 nitrogen and oxygen atoms in total. The molecule has 1 fully saturated rings. The van der Waals surface area contributed by atoms with Crippen molar-refractivity contribution >= 4 is 23.6 Å². The standard InChI is InChI=1S/C19H25F3N4O4/c1-18(2,3)30-17(29)26-14-5-4-11(19(20,21)22)8-13(14)16(28)24-10-15(27)25-12-6-7-23-9-12/h4-5,8,12,23H,6-7,9-10H2,1-3H3,(H,24,28)(H,25,27)(H,26,29). The van der Waals surface area contributed by atoms with Crippen LogP contribution in [0.4, 0.5) is 23.7 Å². The first-order valence-corrected chi connectivity index (χ1v) is 9.34. The van der Waals surface area contributed by atoms with Crippen molar-refractivity contribution in [2.75, 3.05) is 25.0 Å². The van der Waals surface area contributed by atoms with E-state index >= 15 is 0 Å². The van der Waals surface area contributed by atoms with Gasteiger partial charge in [0.15, 0.2) is 0 Å². The smallest absolute Gasteiger partial charge is 0.416 e. The lowest BCUT2D eigenvalue weighted by atomic mass is 10.1. The van der Waals surface area contributed by atoms with E-state index in [4.69, 9.17) is 4.74 Å². The van der Waals surface area contributed by atoms with Gasteiger partial charge in [-0.1, -0.05) is 0 Å². The highest BCUT2D eigenvalue weighted by Crippen LogP contribution is 2.32. The summed E-state index contributed by atoms with van der Waals surface area (Å²) in [6.45, 7) is 5.80.